The molecule has 0 aliphatic heterocycles. The Balaban J connectivity index is 1.76. The Morgan fingerprint density at radius 3 is 2.00 bits per heavy atom. The molecule has 0 unspecified atom stereocenters. The summed E-state index contributed by atoms with van der Waals surface area (Å²) in [5, 5.41) is 31.0. The van der Waals surface area contributed by atoms with Gasteiger partial charge in [-0.25, -0.2) is 9.59 Å². The minimum atomic E-state index is -2.01. The first-order valence-electron chi connectivity index (χ1n) is 8.67. The van der Waals surface area contributed by atoms with Crippen molar-refractivity contribution in [3.63, 3.8) is 0 Å². The van der Waals surface area contributed by atoms with Gasteiger partial charge in [0.1, 0.15) is 18.8 Å². The van der Waals surface area contributed by atoms with Gasteiger partial charge in [0.05, 0.1) is 11.1 Å². The number of carbonyl (C=O) groups excluding carboxylic acids is 2. The van der Waals surface area contributed by atoms with Gasteiger partial charge in [-0.15, -0.1) is 0 Å². The van der Waals surface area contributed by atoms with Crippen LogP contribution in [0.4, 0.5) is 0 Å². The summed E-state index contributed by atoms with van der Waals surface area (Å²) in [4.78, 5) is 24.5. The summed E-state index contributed by atoms with van der Waals surface area (Å²) in [6.07, 6.45) is -2.17. The lowest BCUT2D eigenvalue weighted by atomic mass is 9.85. The van der Waals surface area contributed by atoms with Crippen molar-refractivity contribution < 1.29 is 34.4 Å². The van der Waals surface area contributed by atoms with Gasteiger partial charge >= 0.3 is 11.9 Å². The summed E-state index contributed by atoms with van der Waals surface area (Å²) >= 11 is 0. The zero-order valence-electron chi connectivity index (χ0n) is 14.8. The molecule has 7 heteroatoms. The van der Waals surface area contributed by atoms with Crippen molar-refractivity contribution in [2.45, 2.75) is 23.9 Å². The maximum absolute atomic E-state index is 12.4. The maximum atomic E-state index is 12.4. The van der Waals surface area contributed by atoms with E-state index in [0.29, 0.717) is 0 Å². The number of carbonyl (C=O) groups is 2. The number of ether oxygens (including phenoxy) is 2. The summed E-state index contributed by atoms with van der Waals surface area (Å²) < 4.78 is 10.4. The molecule has 0 aromatic heterocycles. The Bertz CT molecular complexity index is 850. The van der Waals surface area contributed by atoms with Gasteiger partial charge in [0.25, 0.3) is 0 Å². The standard InChI is InChI=1S/C21H20O7/c22-16-11-12-21(26,13-27-19(24)14-7-3-1-4-8-14)18(17(16)23)28-20(25)15-9-5-2-6-10-15/h1-12,16-18,22-23,26H,13H2/t16-,17+,18-,21-/m1/s1. The minimum absolute atomic E-state index is 0.211. The molecule has 2 aromatic rings. The van der Waals surface area contributed by atoms with Gasteiger partial charge in [-0.2, -0.15) is 0 Å². The molecule has 1 aliphatic rings. The molecule has 7 nitrogen and oxygen atoms in total. The molecular formula is C21H20O7. The van der Waals surface area contributed by atoms with E-state index in [0.717, 1.165) is 12.2 Å². The Kier molecular flexibility index (Phi) is 5.89. The summed E-state index contributed by atoms with van der Waals surface area (Å²) in [5.41, 5.74) is -1.51. The highest BCUT2D eigenvalue weighted by atomic mass is 16.6. The first-order chi connectivity index (χ1) is 13.4. The molecule has 28 heavy (non-hydrogen) atoms. The van der Waals surface area contributed by atoms with Crippen molar-refractivity contribution in [3.8, 4) is 0 Å². The molecule has 3 N–H and O–H groups in total. The van der Waals surface area contributed by atoms with Crippen LogP contribution in [0.25, 0.3) is 0 Å². The molecule has 1 aliphatic carbocycles. The topological polar surface area (TPSA) is 113 Å². The third-order valence-corrected chi connectivity index (χ3v) is 4.42. The Labute approximate surface area is 161 Å². The summed E-state index contributed by atoms with van der Waals surface area (Å²) in [5.74, 6) is -1.48. The van der Waals surface area contributed by atoms with Crippen molar-refractivity contribution >= 4 is 11.9 Å². The Morgan fingerprint density at radius 1 is 0.893 bits per heavy atom. The molecule has 4 atom stereocenters. The number of aliphatic hydroxyl groups is 3. The normalized spacial score (nSPS) is 26.5. The van der Waals surface area contributed by atoms with Crippen molar-refractivity contribution in [2.24, 2.45) is 0 Å². The molecule has 0 saturated carbocycles. The number of esters is 2. The van der Waals surface area contributed by atoms with Gasteiger partial charge in [-0.1, -0.05) is 42.5 Å². The van der Waals surface area contributed by atoms with Gasteiger partial charge in [-0.05, 0) is 30.3 Å². The van der Waals surface area contributed by atoms with E-state index in [2.05, 4.69) is 0 Å². The highest BCUT2D eigenvalue weighted by Crippen LogP contribution is 2.28. The van der Waals surface area contributed by atoms with E-state index in [9.17, 15) is 24.9 Å². The van der Waals surface area contributed by atoms with E-state index in [1.807, 2.05) is 0 Å². The fraction of sp³-hybridized carbons (Fsp3) is 0.238. The fourth-order valence-corrected chi connectivity index (χ4v) is 2.85. The van der Waals surface area contributed by atoms with E-state index in [-0.39, 0.29) is 11.1 Å². The number of benzene rings is 2. The van der Waals surface area contributed by atoms with Crippen LogP contribution in [0.1, 0.15) is 20.7 Å². The van der Waals surface area contributed by atoms with Crippen LogP contribution in [0.2, 0.25) is 0 Å². The number of hydrogen-bond donors (Lipinski definition) is 3. The largest absolute Gasteiger partial charge is 0.459 e. The number of hydrogen-bond acceptors (Lipinski definition) is 7. The summed E-state index contributed by atoms with van der Waals surface area (Å²) in [6, 6.07) is 16.2. The van der Waals surface area contributed by atoms with Crippen LogP contribution < -0.4 is 0 Å². The van der Waals surface area contributed by atoms with Crippen molar-refractivity contribution in [1.29, 1.82) is 0 Å². The lowest BCUT2D eigenvalue weighted by Gasteiger charge is -2.39. The monoisotopic (exact) mass is 384 g/mol. The molecule has 0 saturated heterocycles. The molecule has 0 spiro atoms. The minimum Gasteiger partial charge on any atom is -0.459 e. The van der Waals surface area contributed by atoms with E-state index in [1.54, 1.807) is 48.5 Å². The van der Waals surface area contributed by atoms with E-state index >= 15 is 0 Å². The van der Waals surface area contributed by atoms with Gasteiger partial charge in [0.2, 0.25) is 0 Å². The predicted octanol–water partition coefficient (Wildman–Crippen LogP) is 1.09. The second-order valence-corrected chi connectivity index (χ2v) is 6.47. The van der Waals surface area contributed by atoms with E-state index < -0.39 is 42.5 Å². The van der Waals surface area contributed by atoms with E-state index in [1.165, 1.54) is 12.1 Å². The smallest absolute Gasteiger partial charge is 0.338 e. The van der Waals surface area contributed by atoms with Crippen molar-refractivity contribution in [2.75, 3.05) is 6.61 Å². The fourth-order valence-electron chi connectivity index (χ4n) is 2.85. The molecule has 146 valence electrons. The third-order valence-electron chi connectivity index (χ3n) is 4.42. The molecule has 0 amide bonds. The Morgan fingerprint density at radius 2 is 1.43 bits per heavy atom. The highest BCUT2D eigenvalue weighted by molar-refractivity contribution is 5.90. The zero-order valence-corrected chi connectivity index (χ0v) is 14.8. The lowest BCUT2D eigenvalue weighted by Crippen LogP contribution is -2.59. The van der Waals surface area contributed by atoms with Crippen LogP contribution in [0, 0.1) is 0 Å². The second-order valence-electron chi connectivity index (χ2n) is 6.47. The molecule has 2 aromatic carbocycles. The van der Waals surface area contributed by atoms with Crippen LogP contribution >= 0.6 is 0 Å². The predicted molar refractivity (Wildman–Crippen MR) is 98.5 cm³/mol. The first-order valence-corrected chi connectivity index (χ1v) is 8.67. The molecule has 0 bridgehead atoms. The SMILES string of the molecule is O=C(OC[C@]1(O)C=C[C@@H](O)[C@H](O)[C@H]1OC(=O)c1ccccc1)c1ccccc1. The first kappa shape index (κ1) is 19.8. The average molecular weight is 384 g/mol. The molecular weight excluding hydrogens is 364 g/mol. The van der Waals surface area contributed by atoms with Crippen LogP contribution in [0.3, 0.4) is 0 Å². The van der Waals surface area contributed by atoms with Crippen LogP contribution in [0.15, 0.2) is 72.8 Å². The van der Waals surface area contributed by atoms with Gasteiger partial charge < -0.3 is 24.8 Å². The van der Waals surface area contributed by atoms with Crippen LogP contribution in [0.5, 0.6) is 0 Å². The van der Waals surface area contributed by atoms with Crippen LogP contribution in [-0.4, -0.2) is 57.8 Å². The molecule has 0 radical (unpaired) electrons. The lowest BCUT2D eigenvalue weighted by molar-refractivity contribution is -0.152. The molecule has 0 heterocycles. The van der Waals surface area contributed by atoms with Gasteiger partial charge in [0.15, 0.2) is 11.7 Å². The van der Waals surface area contributed by atoms with Gasteiger partial charge in [-0.3, -0.25) is 0 Å². The van der Waals surface area contributed by atoms with Gasteiger partial charge in [0, 0.05) is 0 Å². The summed E-state index contributed by atoms with van der Waals surface area (Å²) in [6.45, 7) is -0.576. The highest BCUT2D eigenvalue weighted by Gasteiger charge is 2.48. The summed E-state index contributed by atoms with van der Waals surface area (Å²) in [7, 11) is 0. The molecule has 3 rings (SSSR count). The third kappa shape index (κ3) is 4.28. The molecule has 0 fully saturated rings. The van der Waals surface area contributed by atoms with E-state index in [4.69, 9.17) is 9.47 Å². The van der Waals surface area contributed by atoms with Crippen molar-refractivity contribution in [1.82, 2.24) is 0 Å². The average Bonchev–Trinajstić information content (AvgIpc) is 2.73. The van der Waals surface area contributed by atoms with Crippen LogP contribution in [-0.2, 0) is 9.47 Å². The zero-order chi connectivity index (χ0) is 20.1. The Hall–Kier alpha value is -3.00. The second kappa shape index (κ2) is 8.35. The number of rotatable bonds is 5. The number of aliphatic hydroxyl groups excluding tert-OH is 2. The maximum Gasteiger partial charge on any atom is 0.338 e. The van der Waals surface area contributed by atoms with Crippen molar-refractivity contribution in [3.05, 3.63) is 83.9 Å². The quantitative estimate of drug-likeness (QED) is 0.522.